The predicted molar refractivity (Wildman–Crippen MR) is 106 cm³/mol. The first-order chi connectivity index (χ1) is 14.1. The average Bonchev–Trinajstić information content (AvgIpc) is 3.16. The van der Waals surface area contributed by atoms with E-state index in [0.717, 1.165) is 16.7 Å². The Bertz CT molecular complexity index is 1080. The summed E-state index contributed by atoms with van der Waals surface area (Å²) in [4.78, 5) is 25.8. The molecule has 3 N–H and O–H groups in total. The maximum Gasteiger partial charge on any atom is 0.402 e. The minimum atomic E-state index is -2.68. The van der Waals surface area contributed by atoms with Crippen molar-refractivity contribution in [2.75, 3.05) is 0 Å². The number of fused-ring (bicyclic) bond motifs is 1. The van der Waals surface area contributed by atoms with Crippen LogP contribution in [0, 0.1) is 20.8 Å². The highest BCUT2D eigenvalue weighted by Crippen LogP contribution is 2.51. The molecular weight excluding hydrogens is 415 g/mol. The number of aromatic nitrogens is 2. The van der Waals surface area contributed by atoms with Crippen LogP contribution in [0.1, 0.15) is 41.3 Å². The van der Waals surface area contributed by atoms with Crippen LogP contribution in [0.4, 0.5) is 0 Å². The molecule has 162 valence electrons. The summed E-state index contributed by atoms with van der Waals surface area (Å²) in [6.45, 7) is 5.65. The Morgan fingerprint density at radius 2 is 1.97 bits per heavy atom. The van der Waals surface area contributed by atoms with E-state index in [1.807, 2.05) is 26.0 Å². The number of aryl methyl sites for hydroxylation is 3. The molecule has 1 fully saturated rings. The number of benzene rings is 1. The number of H-pyrrole nitrogens is 1. The lowest BCUT2D eigenvalue weighted by molar-refractivity contribution is -0.346. The largest absolute Gasteiger partial charge is 0.426 e. The van der Waals surface area contributed by atoms with E-state index in [1.165, 1.54) is 10.8 Å². The van der Waals surface area contributed by atoms with Crippen LogP contribution in [0.15, 0.2) is 27.9 Å². The molecule has 2 aromatic rings. The summed E-state index contributed by atoms with van der Waals surface area (Å²) in [5, 5.41) is 21.0. The summed E-state index contributed by atoms with van der Waals surface area (Å²) >= 11 is 0. The van der Waals surface area contributed by atoms with Crippen LogP contribution < -0.4 is 15.8 Å². The molecule has 2 aliphatic heterocycles. The lowest BCUT2D eigenvalue weighted by Gasteiger charge is -2.32. The zero-order valence-corrected chi connectivity index (χ0v) is 17.6. The lowest BCUT2D eigenvalue weighted by Crippen LogP contribution is -2.44. The zero-order valence-electron chi connectivity index (χ0n) is 16.7. The number of rotatable bonds is 4. The molecule has 1 aromatic heterocycles. The van der Waals surface area contributed by atoms with Crippen LogP contribution in [-0.4, -0.2) is 31.8 Å². The van der Waals surface area contributed by atoms with Crippen molar-refractivity contribution < 1.29 is 28.5 Å². The molecule has 1 aromatic carbocycles. The SMILES string of the molecule is Cc1cc(C)c2c(c1)COP(OC(O)(O)C1CCC(n3cc(C)c(=O)[nH]c3=O)O1)O2. The van der Waals surface area contributed by atoms with E-state index >= 15 is 0 Å². The van der Waals surface area contributed by atoms with Gasteiger partial charge in [-0.25, -0.2) is 9.32 Å². The summed E-state index contributed by atoms with van der Waals surface area (Å²) in [5.74, 6) is -2.08. The van der Waals surface area contributed by atoms with Gasteiger partial charge >= 0.3 is 20.3 Å². The first-order valence-corrected chi connectivity index (χ1v) is 10.6. The van der Waals surface area contributed by atoms with Gasteiger partial charge in [0.2, 0.25) is 0 Å². The fourth-order valence-electron chi connectivity index (χ4n) is 3.62. The number of aromatic amines is 1. The van der Waals surface area contributed by atoms with E-state index in [-0.39, 0.29) is 13.0 Å². The van der Waals surface area contributed by atoms with Crippen molar-refractivity contribution in [3.63, 3.8) is 0 Å². The van der Waals surface area contributed by atoms with Crippen LogP contribution in [-0.2, 0) is 20.4 Å². The van der Waals surface area contributed by atoms with Gasteiger partial charge in [-0.05, 0) is 39.2 Å². The van der Waals surface area contributed by atoms with Gasteiger partial charge in [-0.2, -0.15) is 0 Å². The molecule has 10 nitrogen and oxygen atoms in total. The van der Waals surface area contributed by atoms with Gasteiger partial charge in [0.25, 0.3) is 5.56 Å². The van der Waals surface area contributed by atoms with Crippen molar-refractivity contribution >= 4 is 8.60 Å². The second-order valence-corrected chi connectivity index (χ2v) is 8.61. The van der Waals surface area contributed by atoms with Gasteiger partial charge in [0.1, 0.15) is 18.1 Å². The summed E-state index contributed by atoms with van der Waals surface area (Å²) in [7, 11) is -2.07. The zero-order chi connectivity index (χ0) is 21.6. The number of ether oxygens (including phenoxy) is 1. The third-order valence-corrected chi connectivity index (χ3v) is 6.16. The van der Waals surface area contributed by atoms with Crippen LogP contribution in [0.5, 0.6) is 5.75 Å². The minimum absolute atomic E-state index is 0.209. The highest BCUT2D eigenvalue weighted by molar-refractivity contribution is 7.42. The molecule has 3 heterocycles. The van der Waals surface area contributed by atoms with Gasteiger partial charge in [0.05, 0.1) is 6.61 Å². The molecule has 4 rings (SSSR count). The van der Waals surface area contributed by atoms with Crippen molar-refractivity contribution in [2.45, 2.75) is 58.5 Å². The van der Waals surface area contributed by atoms with Gasteiger partial charge in [0.15, 0.2) is 0 Å². The third-order valence-electron chi connectivity index (χ3n) is 5.07. The molecule has 3 atom stereocenters. The van der Waals surface area contributed by atoms with Crippen LogP contribution in [0.2, 0.25) is 0 Å². The molecule has 0 amide bonds. The maximum atomic E-state index is 12.1. The van der Waals surface area contributed by atoms with Gasteiger partial charge in [-0.3, -0.25) is 18.9 Å². The summed E-state index contributed by atoms with van der Waals surface area (Å²) in [6, 6.07) is 3.89. The highest BCUT2D eigenvalue weighted by atomic mass is 31.2. The Balaban J connectivity index is 1.45. The Kier molecular flexibility index (Phi) is 5.56. The number of hydrogen-bond acceptors (Lipinski definition) is 8. The van der Waals surface area contributed by atoms with E-state index in [2.05, 4.69) is 4.98 Å². The van der Waals surface area contributed by atoms with Gasteiger partial charge in [-0.1, -0.05) is 17.7 Å². The molecule has 1 saturated heterocycles. The standard InChI is InChI=1S/C19H23N2O8P/c1-10-6-11(2)16-13(7-10)9-26-30(28-16)29-19(24,25)14-4-5-15(27-14)21-8-12(3)17(22)20-18(21)23/h6-8,14-15,24-25H,4-5,9H2,1-3H3,(H,20,22,23). The van der Waals surface area contributed by atoms with Crippen LogP contribution in [0.25, 0.3) is 0 Å². The third kappa shape index (κ3) is 4.07. The summed E-state index contributed by atoms with van der Waals surface area (Å²) < 4.78 is 23.4. The fraction of sp³-hybridized carbons (Fsp3) is 0.474. The van der Waals surface area contributed by atoms with Gasteiger partial charge < -0.3 is 19.5 Å². The molecule has 11 heteroatoms. The smallest absolute Gasteiger partial charge is 0.402 e. The van der Waals surface area contributed by atoms with Crippen LogP contribution >= 0.6 is 8.60 Å². The quantitative estimate of drug-likeness (QED) is 0.485. The summed E-state index contributed by atoms with van der Waals surface area (Å²) in [5.41, 5.74) is 2.06. The molecule has 0 bridgehead atoms. The van der Waals surface area contributed by atoms with E-state index in [1.54, 1.807) is 6.92 Å². The van der Waals surface area contributed by atoms with Crippen molar-refractivity contribution in [3.05, 3.63) is 61.4 Å². The van der Waals surface area contributed by atoms with E-state index < -0.39 is 38.2 Å². The highest BCUT2D eigenvalue weighted by Gasteiger charge is 2.47. The van der Waals surface area contributed by atoms with Crippen molar-refractivity contribution in [2.24, 2.45) is 0 Å². The van der Waals surface area contributed by atoms with Crippen molar-refractivity contribution in [1.29, 1.82) is 0 Å². The first kappa shape index (κ1) is 21.2. The number of aliphatic hydroxyl groups is 2. The molecule has 0 spiro atoms. The topological polar surface area (TPSA) is 132 Å². The fourth-order valence-corrected chi connectivity index (χ4v) is 4.75. The van der Waals surface area contributed by atoms with Crippen LogP contribution in [0.3, 0.4) is 0 Å². The minimum Gasteiger partial charge on any atom is -0.426 e. The molecule has 0 radical (unpaired) electrons. The van der Waals surface area contributed by atoms with Crippen molar-refractivity contribution in [1.82, 2.24) is 9.55 Å². The molecule has 0 aliphatic carbocycles. The van der Waals surface area contributed by atoms with Gasteiger partial charge in [0, 0.05) is 17.3 Å². The first-order valence-electron chi connectivity index (χ1n) is 9.46. The average molecular weight is 438 g/mol. The summed E-state index contributed by atoms with van der Waals surface area (Å²) in [6.07, 6.45) is -0.00212. The normalized spacial score (nSPS) is 23.8. The maximum absolute atomic E-state index is 12.1. The number of nitrogens with zero attached hydrogens (tertiary/aromatic N) is 1. The molecule has 2 aliphatic rings. The Morgan fingerprint density at radius 1 is 1.20 bits per heavy atom. The van der Waals surface area contributed by atoms with E-state index in [0.29, 0.717) is 17.7 Å². The Labute approximate surface area is 173 Å². The number of hydrogen-bond donors (Lipinski definition) is 3. The van der Waals surface area contributed by atoms with Gasteiger partial charge in [-0.15, -0.1) is 0 Å². The van der Waals surface area contributed by atoms with Crippen molar-refractivity contribution in [3.8, 4) is 5.75 Å². The second-order valence-electron chi connectivity index (χ2n) is 7.54. The molecular formula is C19H23N2O8P. The Hall–Kier alpha value is -2.07. The monoisotopic (exact) mass is 438 g/mol. The second kappa shape index (κ2) is 7.88. The molecule has 3 unspecified atom stereocenters. The molecule has 0 saturated carbocycles. The van der Waals surface area contributed by atoms with E-state index in [9.17, 15) is 19.8 Å². The predicted octanol–water partition coefficient (Wildman–Crippen LogP) is 1.63. The number of nitrogens with one attached hydrogen (secondary N) is 1. The Morgan fingerprint density at radius 3 is 2.73 bits per heavy atom. The lowest BCUT2D eigenvalue weighted by atomic mass is 10.1. The van der Waals surface area contributed by atoms with E-state index in [4.69, 9.17) is 18.3 Å². The molecule has 30 heavy (non-hydrogen) atoms.